The quantitative estimate of drug-likeness (QED) is 0.634. The lowest BCUT2D eigenvalue weighted by Gasteiger charge is -2.37. The molecule has 6 nitrogen and oxygen atoms in total. The molecule has 148 valence electrons. The minimum atomic E-state index is -0.568. The Morgan fingerprint density at radius 1 is 1.19 bits per heavy atom. The van der Waals surface area contributed by atoms with Crippen molar-refractivity contribution in [2.45, 2.75) is 25.4 Å². The van der Waals surface area contributed by atoms with E-state index >= 15 is 0 Å². The molecule has 0 aliphatic carbocycles. The number of ether oxygens (including phenoxy) is 1. The number of hydrogen-bond donors (Lipinski definition) is 1. The normalized spacial score (nSPS) is 20.9. The Hall–Kier alpha value is -2.22. The summed E-state index contributed by atoms with van der Waals surface area (Å²) in [5, 5.41) is 3.23. The Morgan fingerprint density at radius 2 is 1.85 bits per heavy atom. The zero-order valence-corrected chi connectivity index (χ0v) is 15.6. The highest BCUT2D eigenvalue weighted by Crippen LogP contribution is 2.16. The van der Waals surface area contributed by atoms with E-state index in [-0.39, 0.29) is 12.0 Å². The fraction of sp³-hybridized carbons (Fsp3) is 0.579. The molecule has 2 aliphatic rings. The molecule has 2 aliphatic heterocycles. The van der Waals surface area contributed by atoms with Gasteiger partial charge in [0.15, 0.2) is 5.96 Å². The predicted molar refractivity (Wildman–Crippen MR) is 98.6 cm³/mol. The number of carbonyl (C=O) groups is 1. The van der Waals surface area contributed by atoms with Crippen LogP contribution in [-0.4, -0.2) is 74.1 Å². The third-order valence-electron chi connectivity index (χ3n) is 4.93. The molecule has 1 aromatic carbocycles. The van der Waals surface area contributed by atoms with Gasteiger partial charge in [-0.3, -0.25) is 9.79 Å². The van der Waals surface area contributed by atoms with Crippen molar-refractivity contribution >= 4 is 11.9 Å². The zero-order chi connectivity index (χ0) is 19.2. The van der Waals surface area contributed by atoms with Crippen LogP contribution in [0.15, 0.2) is 23.2 Å². The van der Waals surface area contributed by atoms with Crippen LogP contribution in [0.3, 0.4) is 0 Å². The molecule has 0 aromatic heterocycles. The molecule has 8 heteroatoms. The molecule has 0 saturated carbocycles. The van der Waals surface area contributed by atoms with E-state index in [4.69, 9.17) is 4.74 Å². The molecule has 1 aromatic rings. The number of hydrogen-bond acceptors (Lipinski definition) is 3. The van der Waals surface area contributed by atoms with Gasteiger partial charge in [-0.1, -0.05) is 0 Å². The molecule has 1 N–H and O–H groups in total. The SMILES string of the molecule is CN=C(NCCc1cc(F)cc(F)c1)N1CCN(C(=O)C2CCCO2)CC1. The second-order valence-corrected chi connectivity index (χ2v) is 6.82. The molecule has 0 spiro atoms. The molecule has 1 unspecified atom stereocenters. The van der Waals surface area contributed by atoms with Crippen LogP contribution in [-0.2, 0) is 16.0 Å². The number of guanidine groups is 1. The number of benzene rings is 1. The summed E-state index contributed by atoms with van der Waals surface area (Å²) in [6.07, 6.45) is 1.97. The first-order chi connectivity index (χ1) is 13.1. The largest absolute Gasteiger partial charge is 0.368 e. The average molecular weight is 380 g/mol. The molecule has 2 fully saturated rings. The lowest BCUT2D eigenvalue weighted by molar-refractivity contribution is -0.142. The van der Waals surface area contributed by atoms with Crippen molar-refractivity contribution in [3.8, 4) is 0 Å². The van der Waals surface area contributed by atoms with E-state index < -0.39 is 11.6 Å². The third-order valence-corrected chi connectivity index (χ3v) is 4.93. The van der Waals surface area contributed by atoms with Crippen LogP contribution in [0.5, 0.6) is 0 Å². The molecule has 3 rings (SSSR count). The smallest absolute Gasteiger partial charge is 0.251 e. The van der Waals surface area contributed by atoms with Crippen LogP contribution in [0, 0.1) is 11.6 Å². The lowest BCUT2D eigenvalue weighted by Crippen LogP contribution is -2.55. The summed E-state index contributed by atoms with van der Waals surface area (Å²) in [5.74, 6) is -0.317. The van der Waals surface area contributed by atoms with Crippen molar-refractivity contribution in [3.05, 3.63) is 35.4 Å². The van der Waals surface area contributed by atoms with Crippen molar-refractivity contribution < 1.29 is 18.3 Å². The second kappa shape index (κ2) is 9.12. The maximum atomic E-state index is 13.3. The van der Waals surface area contributed by atoms with Crippen LogP contribution in [0.25, 0.3) is 0 Å². The highest BCUT2D eigenvalue weighted by atomic mass is 19.1. The molecule has 1 amide bonds. The second-order valence-electron chi connectivity index (χ2n) is 6.82. The molecule has 2 saturated heterocycles. The average Bonchev–Trinajstić information content (AvgIpc) is 3.19. The number of nitrogens with zero attached hydrogens (tertiary/aromatic N) is 3. The van der Waals surface area contributed by atoms with E-state index in [0.717, 1.165) is 24.9 Å². The topological polar surface area (TPSA) is 57.2 Å². The number of aliphatic imine (C=N–C) groups is 1. The monoisotopic (exact) mass is 380 g/mol. The Morgan fingerprint density at radius 3 is 2.44 bits per heavy atom. The standard InChI is InChI=1S/C19H26F2N4O2/c1-22-19(23-5-4-14-11-15(20)13-16(21)12-14)25-8-6-24(7-9-25)18(26)17-3-2-10-27-17/h11-13,17H,2-10H2,1H3,(H,22,23). The number of amides is 1. The predicted octanol–water partition coefficient (Wildman–Crippen LogP) is 1.41. The van der Waals surface area contributed by atoms with Gasteiger partial charge in [0.05, 0.1) is 0 Å². The number of nitrogens with one attached hydrogen (secondary N) is 1. The fourth-order valence-electron chi connectivity index (χ4n) is 3.52. The summed E-state index contributed by atoms with van der Waals surface area (Å²) in [5.41, 5.74) is 0.599. The van der Waals surface area contributed by atoms with Gasteiger partial charge in [0.25, 0.3) is 5.91 Å². The van der Waals surface area contributed by atoms with E-state index in [1.807, 2.05) is 4.90 Å². The molecule has 27 heavy (non-hydrogen) atoms. The summed E-state index contributed by atoms with van der Waals surface area (Å²) in [4.78, 5) is 20.6. The minimum absolute atomic E-state index is 0.0863. The number of rotatable bonds is 4. The van der Waals surface area contributed by atoms with E-state index in [1.54, 1.807) is 7.05 Å². The molecule has 2 heterocycles. The van der Waals surface area contributed by atoms with Crippen LogP contribution in [0.1, 0.15) is 18.4 Å². The van der Waals surface area contributed by atoms with E-state index in [9.17, 15) is 13.6 Å². The van der Waals surface area contributed by atoms with Gasteiger partial charge in [0.1, 0.15) is 17.7 Å². The highest BCUT2D eigenvalue weighted by Gasteiger charge is 2.30. The van der Waals surface area contributed by atoms with Crippen molar-refractivity contribution in [2.24, 2.45) is 4.99 Å². The maximum Gasteiger partial charge on any atom is 0.251 e. The van der Waals surface area contributed by atoms with Crippen LogP contribution < -0.4 is 5.32 Å². The Kier molecular flexibility index (Phi) is 6.60. The van der Waals surface area contributed by atoms with Gasteiger partial charge in [0, 0.05) is 52.4 Å². The minimum Gasteiger partial charge on any atom is -0.368 e. The van der Waals surface area contributed by atoms with Gasteiger partial charge < -0.3 is 19.9 Å². The van der Waals surface area contributed by atoms with Crippen LogP contribution in [0.4, 0.5) is 8.78 Å². The molecular formula is C19H26F2N4O2. The Balaban J connectivity index is 1.45. The summed E-state index contributed by atoms with van der Waals surface area (Å²) in [6.45, 7) is 3.83. The van der Waals surface area contributed by atoms with Crippen LogP contribution >= 0.6 is 0 Å². The molecular weight excluding hydrogens is 354 g/mol. The van der Waals surface area contributed by atoms with Crippen molar-refractivity contribution in [2.75, 3.05) is 46.4 Å². The molecule has 1 atom stereocenters. The zero-order valence-electron chi connectivity index (χ0n) is 15.6. The summed E-state index contributed by atoms with van der Waals surface area (Å²) in [6, 6.07) is 3.54. The number of piperazine rings is 1. The van der Waals surface area contributed by atoms with Crippen molar-refractivity contribution in [3.63, 3.8) is 0 Å². The van der Waals surface area contributed by atoms with Crippen molar-refractivity contribution in [1.82, 2.24) is 15.1 Å². The summed E-state index contributed by atoms with van der Waals surface area (Å²) < 4.78 is 32.0. The summed E-state index contributed by atoms with van der Waals surface area (Å²) >= 11 is 0. The Bertz CT molecular complexity index is 664. The van der Waals surface area contributed by atoms with E-state index in [0.29, 0.717) is 51.3 Å². The highest BCUT2D eigenvalue weighted by molar-refractivity contribution is 5.82. The van der Waals surface area contributed by atoms with Gasteiger partial charge in [-0.2, -0.15) is 0 Å². The van der Waals surface area contributed by atoms with Gasteiger partial charge >= 0.3 is 0 Å². The van der Waals surface area contributed by atoms with Gasteiger partial charge in [0.2, 0.25) is 0 Å². The number of halogens is 2. The third kappa shape index (κ3) is 5.15. The van der Waals surface area contributed by atoms with Gasteiger partial charge in [-0.25, -0.2) is 8.78 Å². The first-order valence-electron chi connectivity index (χ1n) is 9.38. The Labute approximate surface area is 158 Å². The fourth-order valence-corrected chi connectivity index (χ4v) is 3.52. The van der Waals surface area contributed by atoms with E-state index in [2.05, 4.69) is 15.2 Å². The first-order valence-corrected chi connectivity index (χ1v) is 9.38. The van der Waals surface area contributed by atoms with Crippen LogP contribution in [0.2, 0.25) is 0 Å². The molecule has 0 radical (unpaired) electrons. The van der Waals surface area contributed by atoms with E-state index in [1.165, 1.54) is 12.1 Å². The van der Waals surface area contributed by atoms with Gasteiger partial charge in [-0.15, -0.1) is 0 Å². The van der Waals surface area contributed by atoms with Gasteiger partial charge in [-0.05, 0) is 37.0 Å². The maximum absolute atomic E-state index is 13.3. The first kappa shape index (κ1) is 19.5. The molecule has 0 bridgehead atoms. The summed E-state index contributed by atoms with van der Waals surface area (Å²) in [7, 11) is 1.70. The number of carbonyl (C=O) groups excluding carboxylic acids is 1. The van der Waals surface area contributed by atoms with Crippen molar-refractivity contribution in [1.29, 1.82) is 0 Å². The lowest BCUT2D eigenvalue weighted by atomic mass is 10.1.